The molecule has 0 aliphatic rings. The van der Waals surface area contributed by atoms with Gasteiger partial charge in [-0.3, -0.25) is 10.1 Å². The van der Waals surface area contributed by atoms with Crippen molar-refractivity contribution in [3.05, 3.63) is 74.8 Å². The van der Waals surface area contributed by atoms with Crippen molar-refractivity contribution in [3.63, 3.8) is 0 Å². The third-order valence-electron chi connectivity index (χ3n) is 2.69. The zero-order valence-electron chi connectivity index (χ0n) is 10.3. The Labute approximate surface area is 120 Å². The van der Waals surface area contributed by atoms with Crippen LogP contribution in [0.1, 0.15) is 11.1 Å². The minimum absolute atomic E-state index is 0.0530. The molecule has 2 aromatic carbocycles. The standard InChI is InChI=1S/C15H9ClN2O2/c16-15-7-2-1-4-12(15)8-13(10-17)11-5-3-6-14(9-11)18(19)20/h1-9H/b13-8-. The fraction of sp³-hybridized carbons (Fsp3) is 0. The van der Waals surface area contributed by atoms with Gasteiger partial charge in [-0.15, -0.1) is 0 Å². The first-order valence-electron chi connectivity index (χ1n) is 5.73. The van der Waals surface area contributed by atoms with Crippen LogP contribution in [0, 0.1) is 21.4 Å². The highest BCUT2D eigenvalue weighted by molar-refractivity contribution is 6.32. The summed E-state index contributed by atoms with van der Waals surface area (Å²) in [6, 6.07) is 15.1. The second-order valence-corrected chi connectivity index (χ2v) is 4.41. The number of nitro benzene ring substituents is 1. The van der Waals surface area contributed by atoms with Gasteiger partial charge < -0.3 is 0 Å². The van der Waals surface area contributed by atoms with Crippen LogP contribution in [0.5, 0.6) is 0 Å². The minimum atomic E-state index is -0.492. The van der Waals surface area contributed by atoms with E-state index in [1.54, 1.807) is 42.5 Å². The zero-order valence-corrected chi connectivity index (χ0v) is 11.0. The molecule has 0 aliphatic heterocycles. The van der Waals surface area contributed by atoms with Crippen LogP contribution in [0.15, 0.2) is 48.5 Å². The lowest BCUT2D eigenvalue weighted by Crippen LogP contribution is -1.89. The average Bonchev–Trinajstić information content (AvgIpc) is 2.46. The third kappa shape index (κ3) is 3.02. The average molecular weight is 285 g/mol. The van der Waals surface area contributed by atoms with E-state index >= 15 is 0 Å². The van der Waals surface area contributed by atoms with Gasteiger partial charge in [-0.05, 0) is 23.3 Å². The second-order valence-electron chi connectivity index (χ2n) is 4.00. The van der Waals surface area contributed by atoms with Gasteiger partial charge in [0.05, 0.1) is 16.6 Å². The van der Waals surface area contributed by atoms with Gasteiger partial charge in [-0.2, -0.15) is 5.26 Å². The molecule has 98 valence electrons. The maximum absolute atomic E-state index is 10.8. The summed E-state index contributed by atoms with van der Waals surface area (Å²) in [4.78, 5) is 10.3. The summed E-state index contributed by atoms with van der Waals surface area (Å²) in [7, 11) is 0. The molecule has 0 spiro atoms. The number of hydrogen-bond donors (Lipinski definition) is 0. The number of benzene rings is 2. The molecule has 0 radical (unpaired) electrons. The summed E-state index contributed by atoms with van der Waals surface area (Å²) in [6.45, 7) is 0. The van der Waals surface area contributed by atoms with E-state index in [1.807, 2.05) is 6.07 Å². The van der Waals surface area contributed by atoms with Crippen LogP contribution in [0.4, 0.5) is 5.69 Å². The van der Waals surface area contributed by atoms with Gasteiger partial charge in [0.1, 0.15) is 0 Å². The van der Waals surface area contributed by atoms with Crippen molar-refractivity contribution in [2.24, 2.45) is 0 Å². The summed E-state index contributed by atoms with van der Waals surface area (Å²) < 4.78 is 0. The molecule has 0 aromatic heterocycles. The van der Waals surface area contributed by atoms with Crippen LogP contribution < -0.4 is 0 Å². The summed E-state index contributed by atoms with van der Waals surface area (Å²) in [5.41, 5.74) is 1.45. The monoisotopic (exact) mass is 284 g/mol. The number of halogens is 1. The van der Waals surface area contributed by atoms with Gasteiger partial charge >= 0.3 is 0 Å². The van der Waals surface area contributed by atoms with Crippen molar-refractivity contribution in [1.82, 2.24) is 0 Å². The molecule has 2 aromatic rings. The molecule has 20 heavy (non-hydrogen) atoms. The number of non-ortho nitro benzene ring substituents is 1. The summed E-state index contributed by atoms with van der Waals surface area (Å²) in [5, 5.41) is 20.5. The molecule has 0 N–H and O–H groups in total. The van der Waals surface area contributed by atoms with E-state index in [1.165, 1.54) is 12.1 Å². The van der Waals surface area contributed by atoms with E-state index in [9.17, 15) is 15.4 Å². The van der Waals surface area contributed by atoms with Gasteiger partial charge in [-0.1, -0.05) is 41.9 Å². The molecular weight excluding hydrogens is 276 g/mol. The van der Waals surface area contributed by atoms with Crippen LogP contribution >= 0.6 is 11.6 Å². The molecule has 5 heteroatoms. The minimum Gasteiger partial charge on any atom is -0.258 e. The fourth-order valence-electron chi connectivity index (χ4n) is 1.71. The highest BCUT2D eigenvalue weighted by atomic mass is 35.5. The Bertz CT molecular complexity index is 733. The molecule has 2 rings (SSSR count). The van der Waals surface area contributed by atoms with Gasteiger partial charge in [0.2, 0.25) is 0 Å². The molecule has 0 amide bonds. The Kier molecular flexibility index (Phi) is 4.14. The van der Waals surface area contributed by atoms with Crippen LogP contribution in [0.2, 0.25) is 5.02 Å². The van der Waals surface area contributed by atoms with E-state index in [4.69, 9.17) is 11.6 Å². The highest BCUT2D eigenvalue weighted by Crippen LogP contribution is 2.24. The summed E-state index contributed by atoms with van der Waals surface area (Å²) in [6.07, 6.45) is 1.61. The van der Waals surface area contributed by atoms with Crippen LogP contribution in [0.25, 0.3) is 11.6 Å². The quantitative estimate of drug-likeness (QED) is 0.365. The van der Waals surface area contributed by atoms with E-state index in [-0.39, 0.29) is 5.69 Å². The Morgan fingerprint density at radius 3 is 2.65 bits per heavy atom. The topological polar surface area (TPSA) is 66.9 Å². The van der Waals surface area contributed by atoms with Crippen molar-refractivity contribution in [1.29, 1.82) is 5.26 Å². The second kappa shape index (κ2) is 6.00. The molecule has 0 bridgehead atoms. The van der Waals surface area contributed by atoms with Crippen molar-refractivity contribution < 1.29 is 4.92 Å². The van der Waals surface area contributed by atoms with Crippen LogP contribution in [0.3, 0.4) is 0 Å². The smallest absolute Gasteiger partial charge is 0.258 e. The van der Waals surface area contributed by atoms with E-state index in [2.05, 4.69) is 0 Å². The van der Waals surface area contributed by atoms with Crippen LogP contribution in [-0.4, -0.2) is 4.92 Å². The van der Waals surface area contributed by atoms with Gasteiger partial charge in [0.25, 0.3) is 5.69 Å². The molecule has 0 unspecified atom stereocenters. The Hall–Kier alpha value is -2.64. The molecular formula is C15H9ClN2O2. The number of nitriles is 1. The zero-order chi connectivity index (χ0) is 14.5. The maximum atomic E-state index is 10.8. The number of hydrogen-bond acceptors (Lipinski definition) is 3. The van der Waals surface area contributed by atoms with E-state index < -0.39 is 4.92 Å². The fourth-order valence-corrected chi connectivity index (χ4v) is 1.91. The van der Waals surface area contributed by atoms with E-state index in [0.717, 1.165) is 0 Å². The molecule has 0 aliphatic carbocycles. The van der Waals surface area contributed by atoms with Gasteiger partial charge in [0.15, 0.2) is 0 Å². The maximum Gasteiger partial charge on any atom is 0.270 e. The lowest BCUT2D eigenvalue weighted by molar-refractivity contribution is -0.384. The Morgan fingerprint density at radius 1 is 1.25 bits per heavy atom. The summed E-state index contributed by atoms with van der Waals surface area (Å²) in [5.74, 6) is 0. The van der Waals surface area contributed by atoms with E-state index in [0.29, 0.717) is 21.7 Å². The normalized spacial score (nSPS) is 10.9. The van der Waals surface area contributed by atoms with Gasteiger partial charge in [-0.25, -0.2) is 0 Å². The van der Waals surface area contributed by atoms with Crippen LogP contribution in [-0.2, 0) is 0 Å². The molecule has 0 heterocycles. The number of nitrogens with zero attached hydrogens (tertiary/aromatic N) is 2. The molecule has 0 saturated heterocycles. The number of nitro groups is 1. The lowest BCUT2D eigenvalue weighted by atomic mass is 10.0. The van der Waals surface area contributed by atoms with Gasteiger partial charge in [0, 0.05) is 17.2 Å². The molecule has 4 nitrogen and oxygen atoms in total. The predicted octanol–water partition coefficient (Wildman–Crippen LogP) is 4.31. The SMILES string of the molecule is N#C/C(=C/c1ccccc1Cl)c1cccc([N+](=O)[O-])c1. The largest absolute Gasteiger partial charge is 0.270 e. The first kappa shape index (κ1) is 13.8. The molecule has 0 atom stereocenters. The molecule has 0 fully saturated rings. The third-order valence-corrected chi connectivity index (χ3v) is 3.04. The Morgan fingerprint density at radius 2 is 2.00 bits per heavy atom. The predicted molar refractivity (Wildman–Crippen MR) is 78.0 cm³/mol. The number of allylic oxidation sites excluding steroid dienone is 1. The van der Waals surface area contributed by atoms with Crippen molar-refractivity contribution in [2.45, 2.75) is 0 Å². The summed E-state index contributed by atoms with van der Waals surface area (Å²) >= 11 is 6.03. The Balaban J connectivity index is 2.49. The van der Waals surface area contributed by atoms with Crippen molar-refractivity contribution in [3.8, 4) is 6.07 Å². The van der Waals surface area contributed by atoms with Crippen molar-refractivity contribution in [2.75, 3.05) is 0 Å². The molecule has 0 saturated carbocycles. The first-order valence-corrected chi connectivity index (χ1v) is 6.11. The van der Waals surface area contributed by atoms with Crippen molar-refractivity contribution >= 4 is 28.9 Å². The number of rotatable bonds is 3. The highest BCUT2D eigenvalue weighted by Gasteiger charge is 2.09. The lowest BCUT2D eigenvalue weighted by Gasteiger charge is -2.01. The first-order chi connectivity index (χ1) is 9.61.